The highest BCUT2D eigenvalue weighted by molar-refractivity contribution is 5.72. The van der Waals surface area contributed by atoms with Crippen molar-refractivity contribution in [3.8, 4) is 5.75 Å². The topological polar surface area (TPSA) is 95.9 Å². The number of hydrogen-bond donors (Lipinski definition) is 4. The van der Waals surface area contributed by atoms with Crippen LogP contribution in [0.25, 0.3) is 12.2 Å². The second-order valence-electron chi connectivity index (χ2n) is 5.09. The van der Waals surface area contributed by atoms with Crippen LogP contribution in [0, 0.1) is 0 Å². The number of aliphatic hydroxyl groups excluding tert-OH is 3. The standard InChI is InChI=1S/C18H21NO4/c19-18-10-13(3-4-16(18)12-22)1-2-14-7-15(11-21)9-17(8-14)23-6-5-20/h1-4,7-10,20-22H,5-6,11-12,19H2/b2-1-. The predicted molar refractivity (Wildman–Crippen MR) is 90.7 cm³/mol. The minimum Gasteiger partial charge on any atom is -0.491 e. The van der Waals surface area contributed by atoms with Gasteiger partial charge in [0.25, 0.3) is 0 Å². The molecule has 23 heavy (non-hydrogen) atoms. The maximum atomic E-state index is 9.32. The van der Waals surface area contributed by atoms with E-state index < -0.39 is 0 Å². The van der Waals surface area contributed by atoms with Gasteiger partial charge in [0.1, 0.15) is 12.4 Å². The zero-order valence-electron chi connectivity index (χ0n) is 12.8. The first kappa shape index (κ1) is 17.0. The van der Waals surface area contributed by atoms with E-state index in [0.717, 1.165) is 16.7 Å². The van der Waals surface area contributed by atoms with Gasteiger partial charge in [0.15, 0.2) is 0 Å². The Balaban J connectivity index is 2.22. The van der Waals surface area contributed by atoms with Gasteiger partial charge in [0, 0.05) is 11.3 Å². The van der Waals surface area contributed by atoms with E-state index in [1.807, 2.05) is 30.4 Å². The number of nitrogen functional groups attached to an aromatic ring is 1. The van der Waals surface area contributed by atoms with Gasteiger partial charge in [-0.05, 0) is 41.0 Å². The second-order valence-corrected chi connectivity index (χ2v) is 5.09. The lowest BCUT2D eigenvalue weighted by Gasteiger charge is -2.08. The van der Waals surface area contributed by atoms with Gasteiger partial charge in [-0.3, -0.25) is 0 Å². The van der Waals surface area contributed by atoms with E-state index in [2.05, 4.69) is 0 Å². The summed E-state index contributed by atoms with van der Waals surface area (Å²) in [7, 11) is 0. The highest BCUT2D eigenvalue weighted by atomic mass is 16.5. The highest BCUT2D eigenvalue weighted by Gasteiger charge is 2.01. The third-order valence-electron chi connectivity index (χ3n) is 3.34. The van der Waals surface area contributed by atoms with Gasteiger partial charge in [0.2, 0.25) is 0 Å². The van der Waals surface area contributed by atoms with Gasteiger partial charge in [-0.2, -0.15) is 0 Å². The normalized spacial score (nSPS) is 11.1. The van der Waals surface area contributed by atoms with E-state index in [0.29, 0.717) is 17.0 Å². The van der Waals surface area contributed by atoms with Crippen molar-refractivity contribution in [2.45, 2.75) is 13.2 Å². The van der Waals surface area contributed by atoms with Crippen molar-refractivity contribution in [3.63, 3.8) is 0 Å². The number of ether oxygens (including phenoxy) is 1. The van der Waals surface area contributed by atoms with E-state index in [1.165, 1.54) is 0 Å². The summed E-state index contributed by atoms with van der Waals surface area (Å²) in [5.74, 6) is 0.598. The van der Waals surface area contributed by atoms with Crippen LogP contribution in [0.2, 0.25) is 0 Å². The van der Waals surface area contributed by atoms with Crippen molar-refractivity contribution >= 4 is 17.8 Å². The molecule has 0 unspecified atom stereocenters. The Kier molecular flexibility index (Phi) is 6.17. The van der Waals surface area contributed by atoms with Crippen LogP contribution in [0.15, 0.2) is 36.4 Å². The summed E-state index contributed by atoms with van der Waals surface area (Å²) in [6.07, 6.45) is 3.78. The fourth-order valence-corrected chi connectivity index (χ4v) is 2.17. The Morgan fingerprint density at radius 2 is 1.70 bits per heavy atom. The summed E-state index contributed by atoms with van der Waals surface area (Å²) in [5.41, 5.74) is 9.61. The maximum absolute atomic E-state index is 9.32. The van der Waals surface area contributed by atoms with E-state index in [-0.39, 0.29) is 26.4 Å². The quantitative estimate of drug-likeness (QED) is 0.461. The van der Waals surface area contributed by atoms with Crippen LogP contribution < -0.4 is 10.5 Å². The molecule has 0 aliphatic heterocycles. The smallest absolute Gasteiger partial charge is 0.120 e. The van der Waals surface area contributed by atoms with Crippen molar-refractivity contribution in [3.05, 3.63) is 58.7 Å². The van der Waals surface area contributed by atoms with Crippen molar-refractivity contribution in [2.75, 3.05) is 18.9 Å². The molecule has 0 amide bonds. The van der Waals surface area contributed by atoms with E-state index in [1.54, 1.807) is 18.2 Å². The van der Waals surface area contributed by atoms with Crippen molar-refractivity contribution < 1.29 is 20.1 Å². The lowest BCUT2D eigenvalue weighted by Crippen LogP contribution is -2.02. The monoisotopic (exact) mass is 315 g/mol. The average Bonchev–Trinajstić information content (AvgIpc) is 2.58. The number of rotatable bonds is 7. The van der Waals surface area contributed by atoms with Crippen LogP contribution in [0.3, 0.4) is 0 Å². The van der Waals surface area contributed by atoms with Gasteiger partial charge in [-0.25, -0.2) is 0 Å². The van der Waals surface area contributed by atoms with Gasteiger partial charge in [-0.1, -0.05) is 24.3 Å². The first-order valence-electron chi connectivity index (χ1n) is 7.32. The molecule has 122 valence electrons. The number of anilines is 1. The number of aliphatic hydroxyl groups is 3. The van der Waals surface area contributed by atoms with Crippen LogP contribution in [-0.4, -0.2) is 28.5 Å². The molecule has 2 aromatic carbocycles. The molecule has 2 rings (SSSR count). The molecule has 0 fully saturated rings. The summed E-state index contributed by atoms with van der Waals surface area (Å²) < 4.78 is 5.40. The molecule has 0 saturated heterocycles. The Labute approximate surface area is 135 Å². The van der Waals surface area contributed by atoms with Gasteiger partial charge < -0.3 is 25.8 Å². The lowest BCUT2D eigenvalue weighted by molar-refractivity contribution is 0.201. The Bertz CT molecular complexity index is 683. The molecule has 2 aromatic rings. The molecule has 0 atom stereocenters. The van der Waals surface area contributed by atoms with Crippen LogP contribution in [0.4, 0.5) is 5.69 Å². The predicted octanol–water partition coefficient (Wildman–Crippen LogP) is 1.79. The Morgan fingerprint density at radius 3 is 2.35 bits per heavy atom. The summed E-state index contributed by atoms with van der Waals surface area (Å²) in [6, 6.07) is 10.9. The molecule has 5 N–H and O–H groups in total. The average molecular weight is 315 g/mol. The molecule has 0 saturated carbocycles. The van der Waals surface area contributed by atoms with Crippen molar-refractivity contribution in [2.24, 2.45) is 0 Å². The first-order chi connectivity index (χ1) is 11.2. The van der Waals surface area contributed by atoms with Crippen LogP contribution >= 0.6 is 0 Å². The third kappa shape index (κ3) is 4.82. The number of nitrogens with two attached hydrogens (primary N) is 1. The second kappa shape index (κ2) is 8.33. The van der Waals surface area contributed by atoms with Crippen LogP contribution in [-0.2, 0) is 13.2 Å². The molecule has 5 heteroatoms. The summed E-state index contributed by atoms with van der Waals surface area (Å²) in [6.45, 7) is -0.0303. The van der Waals surface area contributed by atoms with E-state index in [9.17, 15) is 5.11 Å². The SMILES string of the molecule is Nc1cc(/C=C\c2cc(CO)cc(OCCO)c2)ccc1CO. The summed E-state index contributed by atoms with van der Waals surface area (Å²) in [4.78, 5) is 0. The molecule has 0 radical (unpaired) electrons. The zero-order chi connectivity index (χ0) is 16.7. The largest absolute Gasteiger partial charge is 0.491 e. The zero-order valence-corrected chi connectivity index (χ0v) is 12.8. The van der Waals surface area contributed by atoms with E-state index >= 15 is 0 Å². The Morgan fingerprint density at radius 1 is 0.913 bits per heavy atom. The van der Waals surface area contributed by atoms with Gasteiger partial charge in [0.05, 0.1) is 19.8 Å². The van der Waals surface area contributed by atoms with Crippen LogP contribution in [0.1, 0.15) is 22.3 Å². The number of hydrogen-bond acceptors (Lipinski definition) is 5. The molecule has 0 bridgehead atoms. The molecule has 0 spiro atoms. The summed E-state index contributed by atoms with van der Waals surface area (Å²) >= 11 is 0. The van der Waals surface area contributed by atoms with Crippen molar-refractivity contribution in [1.82, 2.24) is 0 Å². The molecule has 0 heterocycles. The molecule has 5 nitrogen and oxygen atoms in total. The third-order valence-corrected chi connectivity index (χ3v) is 3.34. The van der Waals surface area contributed by atoms with Gasteiger partial charge >= 0.3 is 0 Å². The molecule has 0 aliphatic carbocycles. The minimum absolute atomic E-state index is 0.0645. The highest BCUT2D eigenvalue weighted by Crippen LogP contribution is 2.21. The molecule has 0 aromatic heterocycles. The molecular weight excluding hydrogens is 294 g/mol. The van der Waals surface area contributed by atoms with Gasteiger partial charge in [-0.15, -0.1) is 0 Å². The lowest BCUT2D eigenvalue weighted by atomic mass is 10.1. The van der Waals surface area contributed by atoms with Crippen LogP contribution in [0.5, 0.6) is 5.75 Å². The number of benzene rings is 2. The first-order valence-corrected chi connectivity index (χ1v) is 7.32. The van der Waals surface area contributed by atoms with E-state index in [4.69, 9.17) is 20.7 Å². The Hall–Kier alpha value is -2.34. The fourth-order valence-electron chi connectivity index (χ4n) is 2.17. The molecule has 0 aliphatic rings. The van der Waals surface area contributed by atoms with Crippen molar-refractivity contribution in [1.29, 1.82) is 0 Å². The minimum atomic E-state index is -0.0880. The molecular formula is C18H21NO4. The maximum Gasteiger partial charge on any atom is 0.120 e. The fraction of sp³-hybridized carbons (Fsp3) is 0.222. The summed E-state index contributed by atoms with van der Waals surface area (Å²) in [5, 5.41) is 27.3.